The lowest BCUT2D eigenvalue weighted by Crippen LogP contribution is -1.86. The normalized spacial score (nSPS) is 10.8. The summed E-state index contributed by atoms with van der Waals surface area (Å²) >= 11 is 0. The molecule has 0 aliphatic heterocycles. The maximum Gasteiger partial charge on any atom is 0.181 e. The van der Waals surface area contributed by atoms with Gasteiger partial charge in [0.15, 0.2) is 11.5 Å². The summed E-state index contributed by atoms with van der Waals surface area (Å²) in [6.07, 6.45) is 3.73. The van der Waals surface area contributed by atoms with Crippen LogP contribution in [0.3, 0.4) is 0 Å². The van der Waals surface area contributed by atoms with E-state index >= 15 is 0 Å². The molecule has 0 spiro atoms. The van der Waals surface area contributed by atoms with Crippen molar-refractivity contribution in [1.82, 2.24) is 0 Å². The van der Waals surface area contributed by atoms with Crippen molar-refractivity contribution >= 4 is 17.8 Å². The van der Waals surface area contributed by atoms with E-state index in [0.29, 0.717) is 0 Å². The van der Waals surface area contributed by atoms with E-state index in [1.54, 1.807) is 6.07 Å². The van der Waals surface area contributed by atoms with E-state index in [-0.39, 0.29) is 17.2 Å². The van der Waals surface area contributed by atoms with Gasteiger partial charge in [0, 0.05) is 0 Å². The van der Waals surface area contributed by atoms with E-state index in [4.69, 9.17) is 5.73 Å². The summed E-state index contributed by atoms with van der Waals surface area (Å²) in [5.74, 6) is -0.487. The van der Waals surface area contributed by atoms with Crippen LogP contribution in [0.2, 0.25) is 0 Å². The smallest absolute Gasteiger partial charge is 0.181 e. The van der Waals surface area contributed by atoms with Crippen LogP contribution in [-0.4, -0.2) is 10.2 Å². The second kappa shape index (κ2) is 4.61. The third-order valence-electron chi connectivity index (χ3n) is 2.41. The van der Waals surface area contributed by atoms with E-state index in [0.717, 1.165) is 11.1 Å². The van der Waals surface area contributed by atoms with Crippen LogP contribution in [0.5, 0.6) is 11.5 Å². The molecule has 0 amide bonds. The molecule has 3 nitrogen and oxygen atoms in total. The first-order valence-corrected chi connectivity index (χ1v) is 5.21. The van der Waals surface area contributed by atoms with Crippen molar-refractivity contribution in [3.05, 3.63) is 53.6 Å². The molecule has 2 aromatic carbocycles. The van der Waals surface area contributed by atoms with Crippen LogP contribution in [0.4, 0.5) is 5.69 Å². The van der Waals surface area contributed by atoms with E-state index in [9.17, 15) is 10.2 Å². The molecule has 0 fully saturated rings. The van der Waals surface area contributed by atoms with Crippen molar-refractivity contribution in [1.29, 1.82) is 0 Å². The molecule has 86 valence electrons. The van der Waals surface area contributed by atoms with Gasteiger partial charge in [-0.3, -0.25) is 0 Å². The van der Waals surface area contributed by atoms with Gasteiger partial charge in [0.05, 0.1) is 5.69 Å². The molecular weight excluding hydrogens is 214 g/mol. The molecule has 2 aromatic rings. The third-order valence-corrected chi connectivity index (χ3v) is 2.41. The number of anilines is 1. The molecular formula is C14H13NO2. The van der Waals surface area contributed by atoms with Gasteiger partial charge in [-0.1, -0.05) is 42.5 Å². The maximum atomic E-state index is 9.41. The van der Waals surface area contributed by atoms with Crippen LogP contribution in [0.1, 0.15) is 11.1 Å². The minimum atomic E-state index is -0.276. The summed E-state index contributed by atoms with van der Waals surface area (Å²) < 4.78 is 0. The van der Waals surface area contributed by atoms with Crippen LogP contribution < -0.4 is 5.73 Å². The van der Waals surface area contributed by atoms with Crippen molar-refractivity contribution in [3.63, 3.8) is 0 Å². The molecule has 0 heterocycles. The molecule has 0 aliphatic rings. The number of benzene rings is 2. The van der Waals surface area contributed by atoms with E-state index in [1.807, 2.05) is 42.5 Å². The van der Waals surface area contributed by atoms with Crippen LogP contribution in [0, 0.1) is 0 Å². The van der Waals surface area contributed by atoms with Gasteiger partial charge in [-0.2, -0.15) is 0 Å². The zero-order valence-electron chi connectivity index (χ0n) is 9.17. The molecule has 0 aliphatic carbocycles. The van der Waals surface area contributed by atoms with Gasteiger partial charge < -0.3 is 15.9 Å². The second-order valence-corrected chi connectivity index (χ2v) is 3.72. The Morgan fingerprint density at radius 1 is 0.882 bits per heavy atom. The van der Waals surface area contributed by atoms with Crippen molar-refractivity contribution < 1.29 is 10.2 Å². The van der Waals surface area contributed by atoms with E-state index < -0.39 is 0 Å². The molecule has 0 saturated carbocycles. The van der Waals surface area contributed by atoms with Gasteiger partial charge in [-0.25, -0.2) is 0 Å². The zero-order valence-corrected chi connectivity index (χ0v) is 9.17. The van der Waals surface area contributed by atoms with Crippen LogP contribution in [0.15, 0.2) is 42.5 Å². The maximum absolute atomic E-state index is 9.41. The quantitative estimate of drug-likeness (QED) is 0.420. The predicted octanol–water partition coefficient (Wildman–Crippen LogP) is 2.85. The fourth-order valence-corrected chi connectivity index (χ4v) is 1.52. The Morgan fingerprint density at radius 2 is 1.53 bits per heavy atom. The summed E-state index contributed by atoms with van der Waals surface area (Å²) in [4.78, 5) is 0. The lowest BCUT2D eigenvalue weighted by molar-refractivity contribution is 0.405. The Bertz CT molecular complexity index is 524. The third kappa shape index (κ3) is 2.58. The van der Waals surface area contributed by atoms with Gasteiger partial charge in [0.2, 0.25) is 0 Å². The second-order valence-electron chi connectivity index (χ2n) is 3.72. The summed E-state index contributed by atoms with van der Waals surface area (Å²) in [5.41, 5.74) is 7.50. The Balaban J connectivity index is 2.28. The molecule has 0 radical (unpaired) electrons. The number of nitrogen functional groups attached to an aromatic ring is 1. The molecule has 0 bridgehead atoms. The standard InChI is InChI=1S/C14H13NO2/c15-12-8-11(9-13(16)14(12)17)7-6-10-4-2-1-3-5-10/h1-9,16-17H,15H2. The fourth-order valence-electron chi connectivity index (χ4n) is 1.52. The first-order chi connectivity index (χ1) is 8.16. The molecule has 3 heteroatoms. The monoisotopic (exact) mass is 227 g/mol. The average molecular weight is 227 g/mol. The van der Waals surface area contributed by atoms with E-state index in [1.165, 1.54) is 6.07 Å². The van der Waals surface area contributed by atoms with Crippen molar-refractivity contribution in [2.75, 3.05) is 5.73 Å². The number of hydrogen-bond donors (Lipinski definition) is 3. The summed E-state index contributed by atoms with van der Waals surface area (Å²) in [5, 5.41) is 18.7. The number of phenolic OH excluding ortho intramolecular Hbond substituents is 2. The molecule has 0 atom stereocenters. The number of rotatable bonds is 2. The first-order valence-electron chi connectivity index (χ1n) is 5.21. The van der Waals surface area contributed by atoms with Gasteiger partial charge >= 0.3 is 0 Å². The van der Waals surface area contributed by atoms with Crippen molar-refractivity contribution in [3.8, 4) is 11.5 Å². The largest absolute Gasteiger partial charge is 0.504 e. The van der Waals surface area contributed by atoms with Crippen LogP contribution in [-0.2, 0) is 0 Å². The molecule has 2 rings (SSSR count). The van der Waals surface area contributed by atoms with Crippen molar-refractivity contribution in [2.24, 2.45) is 0 Å². The van der Waals surface area contributed by atoms with Crippen LogP contribution >= 0.6 is 0 Å². The molecule has 0 unspecified atom stereocenters. The Labute approximate surface area is 99.5 Å². The Kier molecular flexibility index (Phi) is 3.01. The van der Waals surface area contributed by atoms with Gasteiger partial charge in [-0.15, -0.1) is 0 Å². The minimum Gasteiger partial charge on any atom is -0.504 e. The summed E-state index contributed by atoms with van der Waals surface area (Å²) in [7, 11) is 0. The molecule has 0 saturated heterocycles. The Hall–Kier alpha value is -2.42. The average Bonchev–Trinajstić information content (AvgIpc) is 2.34. The highest BCUT2D eigenvalue weighted by molar-refractivity contribution is 5.74. The minimum absolute atomic E-state index is 0.165. The highest BCUT2D eigenvalue weighted by Crippen LogP contribution is 2.32. The van der Waals surface area contributed by atoms with E-state index in [2.05, 4.69) is 0 Å². The lowest BCUT2D eigenvalue weighted by atomic mass is 10.1. The lowest BCUT2D eigenvalue weighted by Gasteiger charge is -2.03. The first kappa shape index (κ1) is 11.1. The number of nitrogens with two attached hydrogens (primary N) is 1. The van der Waals surface area contributed by atoms with Gasteiger partial charge in [0.1, 0.15) is 0 Å². The SMILES string of the molecule is Nc1cc(C=Cc2ccccc2)cc(O)c1O. The predicted molar refractivity (Wildman–Crippen MR) is 69.6 cm³/mol. The highest BCUT2D eigenvalue weighted by Gasteiger charge is 2.04. The topological polar surface area (TPSA) is 66.5 Å². The highest BCUT2D eigenvalue weighted by atomic mass is 16.3. The number of aromatic hydroxyl groups is 2. The van der Waals surface area contributed by atoms with Crippen LogP contribution in [0.25, 0.3) is 12.2 Å². The van der Waals surface area contributed by atoms with Crippen molar-refractivity contribution in [2.45, 2.75) is 0 Å². The number of hydrogen-bond acceptors (Lipinski definition) is 3. The fraction of sp³-hybridized carbons (Fsp3) is 0. The Morgan fingerprint density at radius 3 is 2.18 bits per heavy atom. The van der Waals surface area contributed by atoms with Gasteiger partial charge in [0.25, 0.3) is 0 Å². The molecule has 0 aromatic heterocycles. The molecule has 4 N–H and O–H groups in total. The summed E-state index contributed by atoms with van der Waals surface area (Å²) in [6, 6.07) is 12.9. The number of phenols is 2. The van der Waals surface area contributed by atoms with Gasteiger partial charge in [-0.05, 0) is 23.3 Å². The summed E-state index contributed by atoms with van der Waals surface area (Å²) in [6.45, 7) is 0. The zero-order chi connectivity index (χ0) is 12.3. The molecule has 17 heavy (non-hydrogen) atoms.